The Balaban J connectivity index is 1.48. The zero-order chi connectivity index (χ0) is 20.9. The number of rotatable bonds is 7. The SMILES string of the molecule is C=C(OC(CC)C(=O)Nc1ccccc1N1CCCCC1)n1ncc2ccccc21. The number of benzene rings is 2. The monoisotopic (exact) mass is 404 g/mol. The zero-order valence-electron chi connectivity index (χ0n) is 17.4. The van der Waals surface area contributed by atoms with E-state index in [0.29, 0.717) is 12.3 Å². The second-order valence-electron chi connectivity index (χ2n) is 7.58. The normalized spacial score (nSPS) is 15.0. The number of amides is 1. The van der Waals surface area contributed by atoms with Gasteiger partial charge >= 0.3 is 0 Å². The number of nitrogens with one attached hydrogen (secondary N) is 1. The summed E-state index contributed by atoms with van der Waals surface area (Å²) in [5, 5.41) is 8.42. The Labute approximate surface area is 177 Å². The lowest BCUT2D eigenvalue weighted by atomic mass is 10.1. The van der Waals surface area contributed by atoms with E-state index in [1.165, 1.54) is 19.3 Å². The third-order valence-electron chi connectivity index (χ3n) is 5.51. The summed E-state index contributed by atoms with van der Waals surface area (Å²) < 4.78 is 7.58. The van der Waals surface area contributed by atoms with E-state index >= 15 is 0 Å². The number of aromatic nitrogens is 2. The minimum Gasteiger partial charge on any atom is -0.465 e. The highest BCUT2D eigenvalue weighted by Crippen LogP contribution is 2.29. The largest absolute Gasteiger partial charge is 0.465 e. The van der Waals surface area contributed by atoms with Crippen LogP contribution in [0.2, 0.25) is 0 Å². The molecule has 156 valence electrons. The van der Waals surface area contributed by atoms with Gasteiger partial charge in [0.1, 0.15) is 0 Å². The van der Waals surface area contributed by atoms with E-state index in [4.69, 9.17) is 4.74 Å². The lowest BCUT2D eigenvalue weighted by molar-refractivity contribution is -0.124. The van der Waals surface area contributed by atoms with Crippen LogP contribution in [-0.2, 0) is 9.53 Å². The number of ether oxygens (including phenoxy) is 1. The molecular formula is C24H28N4O2. The van der Waals surface area contributed by atoms with E-state index in [0.717, 1.165) is 35.4 Å². The van der Waals surface area contributed by atoms with Crippen LogP contribution in [0.15, 0.2) is 61.3 Å². The molecular weight excluding hydrogens is 376 g/mol. The van der Waals surface area contributed by atoms with Crippen LogP contribution in [0.25, 0.3) is 16.8 Å². The summed E-state index contributed by atoms with van der Waals surface area (Å²) in [7, 11) is 0. The lowest BCUT2D eigenvalue weighted by Crippen LogP contribution is -2.33. The molecule has 2 aromatic carbocycles. The van der Waals surface area contributed by atoms with Crippen LogP contribution in [0.1, 0.15) is 32.6 Å². The molecule has 30 heavy (non-hydrogen) atoms. The molecule has 2 heterocycles. The first kappa shape index (κ1) is 20.0. The second-order valence-corrected chi connectivity index (χ2v) is 7.58. The first-order valence-corrected chi connectivity index (χ1v) is 10.6. The Morgan fingerprint density at radius 2 is 1.87 bits per heavy atom. The predicted octanol–water partition coefficient (Wildman–Crippen LogP) is 4.89. The van der Waals surface area contributed by atoms with Crippen molar-refractivity contribution in [2.45, 2.75) is 38.7 Å². The zero-order valence-corrected chi connectivity index (χ0v) is 17.4. The predicted molar refractivity (Wildman–Crippen MR) is 121 cm³/mol. The Kier molecular flexibility index (Phi) is 6.02. The van der Waals surface area contributed by atoms with Crippen LogP contribution in [0.3, 0.4) is 0 Å². The molecule has 1 aliphatic rings. The van der Waals surface area contributed by atoms with Gasteiger partial charge in [-0.2, -0.15) is 5.10 Å². The van der Waals surface area contributed by atoms with Gasteiger partial charge in [-0.3, -0.25) is 4.79 Å². The minimum absolute atomic E-state index is 0.181. The van der Waals surface area contributed by atoms with Gasteiger partial charge in [0.05, 0.1) is 23.1 Å². The molecule has 1 aliphatic heterocycles. The maximum absolute atomic E-state index is 13.0. The maximum atomic E-state index is 13.0. The van der Waals surface area contributed by atoms with Gasteiger partial charge in [-0.1, -0.05) is 37.3 Å². The fourth-order valence-electron chi connectivity index (χ4n) is 3.91. The summed E-state index contributed by atoms with van der Waals surface area (Å²) in [5.41, 5.74) is 2.78. The van der Waals surface area contributed by atoms with Gasteiger partial charge in [-0.25, -0.2) is 4.68 Å². The highest BCUT2D eigenvalue weighted by atomic mass is 16.5. The molecule has 0 saturated carbocycles. The van der Waals surface area contributed by atoms with E-state index in [1.54, 1.807) is 10.9 Å². The fourth-order valence-corrected chi connectivity index (χ4v) is 3.91. The molecule has 1 N–H and O–H groups in total. The Morgan fingerprint density at radius 1 is 1.13 bits per heavy atom. The van der Waals surface area contributed by atoms with Crippen molar-refractivity contribution in [2.75, 3.05) is 23.3 Å². The molecule has 6 nitrogen and oxygen atoms in total. The van der Waals surface area contributed by atoms with Crippen molar-refractivity contribution in [1.29, 1.82) is 0 Å². The van der Waals surface area contributed by atoms with Gasteiger partial charge in [0.15, 0.2) is 6.10 Å². The number of carbonyl (C=O) groups is 1. The number of anilines is 2. The van der Waals surface area contributed by atoms with E-state index in [2.05, 4.69) is 28.0 Å². The number of hydrogen-bond donors (Lipinski definition) is 1. The summed E-state index contributed by atoms with van der Waals surface area (Å²) in [4.78, 5) is 15.4. The number of para-hydroxylation sites is 3. The van der Waals surface area contributed by atoms with Gasteiger partial charge in [0, 0.05) is 18.5 Å². The Hall–Kier alpha value is -3.28. The molecule has 1 atom stereocenters. The number of carbonyl (C=O) groups excluding carboxylic acids is 1. The summed E-state index contributed by atoms with van der Waals surface area (Å²) in [6.07, 6.45) is 5.26. The third kappa shape index (κ3) is 4.17. The van der Waals surface area contributed by atoms with Crippen LogP contribution in [-0.4, -0.2) is 34.9 Å². The maximum Gasteiger partial charge on any atom is 0.265 e. The summed E-state index contributed by atoms with van der Waals surface area (Å²) in [5.74, 6) is 0.155. The van der Waals surface area contributed by atoms with E-state index in [9.17, 15) is 4.79 Å². The van der Waals surface area contributed by atoms with Crippen LogP contribution in [0, 0.1) is 0 Å². The first-order chi connectivity index (χ1) is 14.7. The van der Waals surface area contributed by atoms with Crippen LogP contribution >= 0.6 is 0 Å². The number of fused-ring (bicyclic) bond motifs is 1. The van der Waals surface area contributed by atoms with Gasteiger partial charge in [-0.15, -0.1) is 0 Å². The van der Waals surface area contributed by atoms with Crippen molar-refractivity contribution < 1.29 is 9.53 Å². The highest BCUT2D eigenvalue weighted by molar-refractivity contribution is 5.97. The average Bonchev–Trinajstić information content (AvgIpc) is 3.22. The van der Waals surface area contributed by atoms with Crippen molar-refractivity contribution in [2.24, 2.45) is 0 Å². The molecule has 3 aromatic rings. The molecule has 4 rings (SSSR count). The molecule has 0 bridgehead atoms. The smallest absolute Gasteiger partial charge is 0.265 e. The first-order valence-electron chi connectivity index (χ1n) is 10.6. The number of hydrogen-bond acceptors (Lipinski definition) is 4. The van der Waals surface area contributed by atoms with E-state index < -0.39 is 6.10 Å². The lowest BCUT2D eigenvalue weighted by Gasteiger charge is -2.30. The molecule has 1 unspecified atom stereocenters. The van der Waals surface area contributed by atoms with Crippen molar-refractivity contribution in [3.05, 3.63) is 61.3 Å². The highest BCUT2D eigenvalue weighted by Gasteiger charge is 2.22. The molecule has 0 radical (unpaired) electrons. The van der Waals surface area contributed by atoms with E-state index in [-0.39, 0.29) is 5.91 Å². The molecule has 1 saturated heterocycles. The van der Waals surface area contributed by atoms with E-state index in [1.807, 2.05) is 49.4 Å². The van der Waals surface area contributed by atoms with Gasteiger partial charge < -0.3 is 15.0 Å². The molecule has 6 heteroatoms. The molecule has 1 amide bonds. The van der Waals surface area contributed by atoms with Crippen molar-refractivity contribution in [3.63, 3.8) is 0 Å². The quantitative estimate of drug-likeness (QED) is 0.570. The topological polar surface area (TPSA) is 59.4 Å². The Bertz CT molecular complexity index is 1040. The average molecular weight is 405 g/mol. The number of piperidine rings is 1. The minimum atomic E-state index is -0.658. The van der Waals surface area contributed by atoms with Crippen molar-refractivity contribution >= 4 is 34.1 Å². The standard InChI is InChI=1S/C24H28N4O2/c1-3-23(30-18(2)28-21-13-7-5-11-19(21)17-25-28)24(29)26-20-12-6-8-14-22(20)27-15-9-4-10-16-27/h5-8,11-14,17,23H,2-4,9-10,15-16H2,1H3,(H,26,29). The number of nitrogens with zero attached hydrogens (tertiary/aromatic N) is 3. The Morgan fingerprint density at radius 3 is 2.67 bits per heavy atom. The van der Waals surface area contributed by atoms with Crippen LogP contribution < -0.4 is 10.2 Å². The summed E-state index contributed by atoms with van der Waals surface area (Å²) in [6.45, 7) is 7.97. The molecule has 0 aliphatic carbocycles. The van der Waals surface area contributed by atoms with Crippen LogP contribution in [0.4, 0.5) is 11.4 Å². The van der Waals surface area contributed by atoms with Crippen molar-refractivity contribution in [3.8, 4) is 0 Å². The van der Waals surface area contributed by atoms with Gasteiger partial charge in [0.25, 0.3) is 5.91 Å². The summed E-state index contributed by atoms with van der Waals surface area (Å²) >= 11 is 0. The van der Waals surface area contributed by atoms with Gasteiger partial charge in [0.2, 0.25) is 5.88 Å². The molecule has 1 aromatic heterocycles. The second kappa shape index (κ2) is 9.03. The van der Waals surface area contributed by atoms with Gasteiger partial charge in [-0.05, 0) is 50.5 Å². The third-order valence-corrected chi connectivity index (χ3v) is 5.51. The van der Waals surface area contributed by atoms with Crippen LogP contribution in [0.5, 0.6) is 0 Å². The molecule has 1 fully saturated rings. The fraction of sp³-hybridized carbons (Fsp3) is 0.333. The summed E-state index contributed by atoms with van der Waals surface area (Å²) in [6, 6.07) is 15.8. The van der Waals surface area contributed by atoms with Crippen molar-refractivity contribution in [1.82, 2.24) is 9.78 Å². The molecule has 0 spiro atoms.